The average molecular weight is 450 g/mol. The van der Waals surface area contributed by atoms with Crippen molar-refractivity contribution >= 4 is 60.9 Å². The molecule has 1 aliphatic carbocycles. The van der Waals surface area contributed by atoms with Crippen LogP contribution in [0.15, 0.2) is 41.1 Å². The quantitative estimate of drug-likeness (QED) is 0.384. The van der Waals surface area contributed by atoms with Crippen LogP contribution in [0.5, 0.6) is 0 Å². The highest BCUT2D eigenvalue weighted by Crippen LogP contribution is 2.36. The van der Waals surface area contributed by atoms with Crippen molar-refractivity contribution in [3.8, 4) is 0 Å². The van der Waals surface area contributed by atoms with Gasteiger partial charge in [-0.25, -0.2) is 4.79 Å². The summed E-state index contributed by atoms with van der Waals surface area (Å²) in [6.45, 7) is 3.43. The van der Waals surface area contributed by atoms with Crippen LogP contribution < -0.4 is 0 Å². The van der Waals surface area contributed by atoms with Gasteiger partial charge in [0.1, 0.15) is 4.32 Å². The van der Waals surface area contributed by atoms with Crippen LogP contribution in [0.3, 0.4) is 0 Å². The minimum absolute atomic E-state index is 0.0441. The van der Waals surface area contributed by atoms with Gasteiger partial charge in [0.05, 0.1) is 16.1 Å². The Morgan fingerprint density at radius 1 is 1.36 bits per heavy atom. The van der Waals surface area contributed by atoms with Gasteiger partial charge >= 0.3 is 5.97 Å². The second-order valence-electron chi connectivity index (χ2n) is 5.00. The van der Waals surface area contributed by atoms with Crippen LogP contribution in [0.2, 0.25) is 5.02 Å². The van der Waals surface area contributed by atoms with E-state index in [1.165, 1.54) is 0 Å². The maximum atomic E-state index is 12.1. The molecule has 2 unspecified atom stereocenters. The molecule has 0 spiro atoms. The highest BCUT2D eigenvalue weighted by atomic mass is 79.9. The van der Waals surface area contributed by atoms with Crippen molar-refractivity contribution in [1.82, 2.24) is 0 Å². The third-order valence-electron chi connectivity index (χ3n) is 3.22. The fraction of sp³-hybridized carbons (Fsp3) is 0.267. The van der Waals surface area contributed by atoms with Crippen molar-refractivity contribution in [2.24, 2.45) is 5.16 Å². The zero-order valence-corrected chi connectivity index (χ0v) is 15.7. The molecule has 2 atom stereocenters. The first kappa shape index (κ1) is 17.4. The van der Waals surface area contributed by atoms with Gasteiger partial charge in [0.25, 0.3) is 0 Å². The number of allylic oxidation sites excluding steroid dienone is 2. The van der Waals surface area contributed by atoms with Gasteiger partial charge in [-0.05, 0) is 49.8 Å². The number of rotatable bonds is 2. The minimum atomic E-state index is -0.836. The molecule has 22 heavy (non-hydrogen) atoms. The summed E-state index contributed by atoms with van der Waals surface area (Å²) in [5, 5.41) is 4.40. The Morgan fingerprint density at radius 2 is 1.95 bits per heavy atom. The molecule has 0 saturated carbocycles. The van der Waals surface area contributed by atoms with Gasteiger partial charge in [-0.1, -0.05) is 48.6 Å². The fourth-order valence-electron chi connectivity index (χ4n) is 1.94. The third-order valence-corrected chi connectivity index (χ3v) is 6.29. The van der Waals surface area contributed by atoms with Gasteiger partial charge in [0.2, 0.25) is 0 Å². The number of hydrogen-bond acceptors (Lipinski definition) is 4. The SMILES string of the molecule is CC1=CC(=NOC(=O)c2ccc(Cl)cc2)C(Br)C(C)(Br)C1=O. The molecule has 0 N–H and O–H groups in total. The first-order valence-corrected chi connectivity index (χ1v) is 8.43. The van der Waals surface area contributed by atoms with Gasteiger partial charge < -0.3 is 4.84 Å². The first-order valence-electron chi connectivity index (χ1n) is 6.34. The summed E-state index contributed by atoms with van der Waals surface area (Å²) in [5.74, 6) is -0.638. The summed E-state index contributed by atoms with van der Waals surface area (Å²) < 4.78 is -0.836. The van der Waals surface area contributed by atoms with Gasteiger partial charge in [-0.2, -0.15) is 0 Å². The smallest absolute Gasteiger partial charge is 0.313 e. The van der Waals surface area contributed by atoms with Gasteiger partial charge in [-0.15, -0.1) is 0 Å². The van der Waals surface area contributed by atoms with Gasteiger partial charge in [0.15, 0.2) is 5.78 Å². The maximum Gasteiger partial charge on any atom is 0.365 e. The van der Waals surface area contributed by atoms with Crippen molar-refractivity contribution in [2.75, 3.05) is 0 Å². The van der Waals surface area contributed by atoms with E-state index in [0.29, 0.717) is 21.9 Å². The molecule has 1 aromatic carbocycles. The molecule has 0 aromatic heterocycles. The maximum absolute atomic E-state index is 12.1. The van der Waals surface area contributed by atoms with Crippen molar-refractivity contribution < 1.29 is 14.4 Å². The number of carbonyl (C=O) groups excluding carboxylic acids is 2. The number of ketones is 1. The predicted octanol–water partition coefficient (Wildman–Crippen LogP) is 4.30. The van der Waals surface area contributed by atoms with Crippen LogP contribution in [0, 0.1) is 0 Å². The molecule has 0 heterocycles. The monoisotopic (exact) mass is 447 g/mol. The molecule has 0 radical (unpaired) electrons. The number of benzene rings is 1. The number of alkyl halides is 2. The molecule has 1 aromatic rings. The van der Waals surface area contributed by atoms with E-state index in [1.807, 2.05) is 0 Å². The summed E-state index contributed by atoms with van der Waals surface area (Å²) in [6.07, 6.45) is 1.60. The number of halogens is 3. The predicted molar refractivity (Wildman–Crippen MR) is 93.1 cm³/mol. The Balaban J connectivity index is 2.21. The fourth-order valence-corrected chi connectivity index (χ4v) is 3.04. The van der Waals surface area contributed by atoms with E-state index >= 15 is 0 Å². The van der Waals surface area contributed by atoms with Crippen LogP contribution >= 0.6 is 43.5 Å². The molecule has 0 saturated heterocycles. The molecule has 2 rings (SSSR count). The number of hydrogen-bond donors (Lipinski definition) is 0. The van der Waals surface area contributed by atoms with Crippen molar-refractivity contribution in [2.45, 2.75) is 23.0 Å². The van der Waals surface area contributed by atoms with Crippen LogP contribution in [0.4, 0.5) is 0 Å². The van der Waals surface area contributed by atoms with E-state index in [1.54, 1.807) is 44.2 Å². The van der Waals surface area contributed by atoms with E-state index < -0.39 is 15.1 Å². The van der Waals surface area contributed by atoms with Crippen LogP contribution in [0.1, 0.15) is 24.2 Å². The highest BCUT2D eigenvalue weighted by molar-refractivity contribution is 9.13. The van der Waals surface area contributed by atoms with Gasteiger partial charge in [0, 0.05) is 5.02 Å². The number of oxime groups is 1. The molecule has 4 nitrogen and oxygen atoms in total. The lowest BCUT2D eigenvalue weighted by Gasteiger charge is -2.30. The normalized spacial score (nSPS) is 26.8. The number of Topliss-reactive ketones (excluding diaryl/α,β-unsaturated/α-hetero) is 1. The van der Waals surface area contributed by atoms with Crippen LogP contribution in [0.25, 0.3) is 0 Å². The Morgan fingerprint density at radius 3 is 2.55 bits per heavy atom. The average Bonchev–Trinajstić information content (AvgIpc) is 2.48. The summed E-state index contributed by atoms with van der Waals surface area (Å²) in [4.78, 5) is 28.5. The van der Waals surface area contributed by atoms with E-state index in [2.05, 4.69) is 37.0 Å². The second-order valence-corrected chi connectivity index (χ2v) is 8.00. The van der Waals surface area contributed by atoms with Crippen LogP contribution in [-0.2, 0) is 9.63 Å². The Bertz CT molecular complexity index is 681. The van der Waals surface area contributed by atoms with E-state index in [0.717, 1.165) is 0 Å². The molecule has 0 amide bonds. The lowest BCUT2D eigenvalue weighted by atomic mass is 9.88. The summed E-state index contributed by atoms with van der Waals surface area (Å²) in [7, 11) is 0. The lowest BCUT2D eigenvalue weighted by molar-refractivity contribution is -0.117. The molecule has 116 valence electrons. The topological polar surface area (TPSA) is 55.7 Å². The van der Waals surface area contributed by atoms with E-state index in [4.69, 9.17) is 16.4 Å². The zero-order valence-electron chi connectivity index (χ0n) is 11.8. The third kappa shape index (κ3) is 3.50. The summed E-state index contributed by atoms with van der Waals surface area (Å²) >= 11 is 12.6. The van der Waals surface area contributed by atoms with Crippen LogP contribution in [-0.4, -0.2) is 26.6 Å². The van der Waals surface area contributed by atoms with Crippen molar-refractivity contribution in [1.29, 1.82) is 0 Å². The molecule has 1 aliphatic rings. The van der Waals surface area contributed by atoms with Gasteiger partial charge in [-0.3, -0.25) is 4.79 Å². The van der Waals surface area contributed by atoms with Crippen molar-refractivity contribution in [3.05, 3.63) is 46.5 Å². The number of carbonyl (C=O) groups is 2. The molecular weight excluding hydrogens is 437 g/mol. The molecule has 0 bridgehead atoms. The summed E-state index contributed by atoms with van der Waals surface area (Å²) in [6, 6.07) is 6.29. The largest absolute Gasteiger partial charge is 0.365 e. The molecular formula is C15H12Br2ClNO3. The molecule has 0 fully saturated rings. The van der Waals surface area contributed by atoms with E-state index in [9.17, 15) is 9.59 Å². The lowest BCUT2D eigenvalue weighted by Crippen LogP contribution is -2.45. The number of nitrogens with zero attached hydrogens (tertiary/aromatic N) is 1. The van der Waals surface area contributed by atoms with E-state index in [-0.39, 0.29) is 5.78 Å². The Hall–Kier alpha value is -0.980. The standard InChI is InChI=1S/C15H12Br2ClNO3/c1-8-7-11(12(16)15(2,17)13(8)20)19-22-14(21)9-3-5-10(18)6-4-9/h3-7,12H,1-2H3. The molecule has 7 heteroatoms. The Kier molecular flexibility index (Phi) is 5.25. The highest BCUT2D eigenvalue weighted by Gasteiger charge is 2.43. The van der Waals surface area contributed by atoms with Crippen molar-refractivity contribution in [3.63, 3.8) is 0 Å². The Labute approximate surface area is 149 Å². The second kappa shape index (κ2) is 6.64. The first-order chi connectivity index (χ1) is 10.2. The zero-order chi connectivity index (χ0) is 16.5. The summed E-state index contributed by atoms with van der Waals surface area (Å²) in [5.41, 5.74) is 1.34. The minimum Gasteiger partial charge on any atom is -0.313 e. The molecule has 0 aliphatic heterocycles.